The fourth-order valence-electron chi connectivity index (χ4n) is 1.93. The standard InChI is InChI=1S/C10H17NO4/c1-10(2,3)8(9(14)15)11-5-6(12)4-7(11)13/h6,8,12H,4-5H2,1-3H3,(H,14,15)/t6?,8-/m1/s1. The van der Waals surface area contributed by atoms with Gasteiger partial charge in [0.15, 0.2) is 0 Å². The van der Waals surface area contributed by atoms with E-state index in [1.165, 1.54) is 4.90 Å². The highest BCUT2D eigenvalue weighted by atomic mass is 16.4. The quantitative estimate of drug-likeness (QED) is 0.683. The van der Waals surface area contributed by atoms with E-state index in [4.69, 9.17) is 5.11 Å². The molecule has 0 aromatic rings. The first-order valence-electron chi connectivity index (χ1n) is 4.94. The molecule has 1 unspecified atom stereocenters. The minimum atomic E-state index is -1.02. The van der Waals surface area contributed by atoms with Gasteiger partial charge in [-0.1, -0.05) is 20.8 Å². The molecule has 0 bridgehead atoms. The number of carboxylic acid groups (broad SMARTS) is 1. The van der Waals surface area contributed by atoms with Crippen molar-refractivity contribution < 1.29 is 19.8 Å². The summed E-state index contributed by atoms with van der Waals surface area (Å²) in [4.78, 5) is 23.8. The third-order valence-corrected chi connectivity index (χ3v) is 2.50. The van der Waals surface area contributed by atoms with Crippen LogP contribution in [0.5, 0.6) is 0 Å². The lowest BCUT2D eigenvalue weighted by Gasteiger charge is -2.34. The van der Waals surface area contributed by atoms with Gasteiger partial charge >= 0.3 is 5.97 Å². The fraction of sp³-hybridized carbons (Fsp3) is 0.800. The summed E-state index contributed by atoms with van der Waals surface area (Å²) in [5.74, 6) is -1.31. The molecule has 0 aromatic carbocycles. The lowest BCUT2D eigenvalue weighted by Crippen LogP contribution is -2.50. The van der Waals surface area contributed by atoms with Gasteiger partial charge in [0, 0.05) is 6.54 Å². The molecule has 0 aliphatic carbocycles. The van der Waals surface area contributed by atoms with E-state index in [-0.39, 0.29) is 18.9 Å². The number of aliphatic carboxylic acids is 1. The summed E-state index contributed by atoms with van der Waals surface area (Å²) in [6, 6.07) is -0.873. The van der Waals surface area contributed by atoms with Gasteiger partial charge in [-0.2, -0.15) is 0 Å². The summed E-state index contributed by atoms with van der Waals surface area (Å²) in [5.41, 5.74) is -0.536. The fourth-order valence-corrected chi connectivity index (χ4v) is 1.93. The second kappa shape index (κ2) is 3.81. The molecule has 1 amide bonds. The summed E-state index contributed by atoms with van der Waals surface area (Å²) < 4.78 is 0. The number of carbonyl (C=O) groups is 2. The molecule has 1 rings (SSSR count). The van der Waals surface area contributed by atoms with E-state index < -0.39 is 23.5 Å². The van der Waals surface area contributed by atoms with Gasteiger partial charge in [0.1, 0.15) is 6.04 Å². The van der Waals surface area contributed by atoms with Crippen molar-refractivity contribution in [3.63, 3.8) is 0 Å². The number of carboxylic acids is 1. The van der Waals surface area contributed by atoms with E-state index >= 15 is 0 Å². The predicted octanol–water partition coefficient (Wildman–Crippen LogP) is 0.0789. The molecular weight excluding hydrogens is 198 g/mol. The third kappa shape index (κ3) is 2.47. The van der Waals surface area contributed by atoms with Crippen molar-refractivity contribution in [1.82, 2.24) is 4.90 Å². The highest BCUT2D eigenvalue weighted by molar-refractivity contribution is 5.86. The highest BCUT2D eigenvalue weighted by Crippen LogP contribution is 2.28. The van der Waals surface area contributed by atoms with E-state index in [1.807, 2.05) is 0 Å². The Morgan fingerprint density at radius 2 is 2.07 bits per heavy atom. The number of hydrogen-bond donors (Lipinski definition) is 2. The lowest BCUT2D eigenvalue weighted by molar-refractivity contribution is -0.153. The van der Waals surface area contributed by atoms with Crippen LogP contribution in [-0.2, 0) is 9.59 Å². The molecule has 1 aliphatic rings. The Bertz CT molecular complexity index is 282. The first-order valence-corrected chi connectivity index (χ1v) is 4.94. The number of hydrogen-bond acceptors (Lipinski definition) is 3. The predicted molar refractivity (Wildman–Crippen MR) is 53.2 cm³/mol. The molecule has 0 aromatic heterocycles. The van der Waals surface area contributed by atoms with Crippen molar-refractivity contribution in [2.45, 2.75) is 39.3 Å². The van der Waals surface area contributed by atoms with Crippen molar-refractivity contribution in [1.29, 1.82) is 0 Å². The molecule has 86 valence electrons. The summed E-state index contributed by atoms with van der Waals surface area (Å²) in [6.45, 7) is 5.42. The van der Waals surface area contributed by atoms with Gasteiger partial charge in [0.2, 0.25) is 5.91 Å². The minimum absolute atomic E-state index is 0.0276. The number of β-amino-alcohol motifs (C(OH)–C–C–N with tert-alkyl or cyclic N) is 1. The van der Waals surface area contributed by atoms with Crippen LogP contribution >= 0.6 is 0 Å². The number of rotatable bonds is 2. The molecule has 1 heterocycles. The van der Waals surface area contributed by atoms with Gasteiger partial charge < -0.3 is 15.1 Å². The molecule has 1 fully saturated rings. The van der Waals surface area contributed by atoms with E-state index in [2.05, 4.69) is 0 Å². The second-order valence-corrected chi connectivity index (χ2v) is 5.01. The monoisotopic (exact) mass is 215 g/mol. The van der Waals surface area contributed by atoms with E-state index in [0.29, 0.717) is 0 Å². The van der Waals surface area contributed by atoms with Gasteiger partial charge in [-0.15, -0.1) is 0 Å². The first kappa shape index (κ1) is 12.0. The Balaban J connectivity index is 2.91. The zero-order chi connectivity index (χ0) is 11.8. The zero-order valence-electron chi connectivity index (χ0n) is 9.23. The van der Waals surface area contributed by atoms with Crippen LogP contribution in [0, 0.1) is 5.41 Å². The van der Waals surface area contributed by atoms with Gasteiger partial charge in [-0.25, -0.2) is 4.79 Å². The van der Waals surface area contributed by atoms with Crippen molar-refractivity contribution in [2.75, 3.05) is 6.54 Å². The normalized spacial score (nSPS) is 24.4. The number of amides is 1. The summed E-state index contributed by atoms with van der Waals surface area (Å²) in [7, 11) is 0. The molecule has 0 radical (unpaired) electrons. The van der Waals surface area contributed by atoms with Gasteiger partial charge in [0.05, 0.1) is 12.5 Å². The molecule has 1 saturated heterocycles. The molecule has 0 spiro atoms. The number of aliphatic hydroxyl groups excluding tert-OH is 1. The van der Waals surface area contributed by atoms with Crippen LogP contribution in [0.3, 0.4) is 0 Å². The van der Waals surface area contributed by atoms with Crippen LogP contribution in [0.15, 0.2) is 0 Å². The summed E-state index contributed by atoms with van der Waals surface area (Å²) in [5, 5.41) is 18.4. The highest BCUT2D eigenvalue weighted by Gasteiger charge is 2.43. The van der Waals surface area contributed by atoms with Crippen molar-refractivity contribution in [3.8, 4) is 0 Å². The Labute approximate surface area is 88.7 Å². The van der Waals surface area contributed by atoms with Gasteiger partial charge in [-0.3, -0.25) is 4.79 Å². The van der Waals surface area contributed by atoms with Crippen molar-refractivity contribution in [2.24, 2.45) is 5.41 Å². The third-order valence-electron chi connectivity index (χ3n) is 2.50. The molecule has 5 heteroatoms. The molecule has 1 aliphatic heterocycles. The SMILES string of the molecule is CC(C)(C)[C@@H](C(=O)O)N1CC(O)CC1=O. The van der Waals surface area contributed by atoms with Gasteiger partial charge in [0.25, 0.3) is 0 Å². The summed E-state index contributed by atoms with van der Waals surface area (Å²) in [6.07, 6.45) is -0.707. The van der Waals surface area contributed by atoms with Gasteiger partial charge in [-0.05, 0) is 5.41 Å². The largest absolute Gasteiger partial charge is 0.480 e. The molecule has 5 nitrogen and oxygen atoms in total. The number of aliphatic hydroxyl groups is 1. The average Bonchev–Trinajstić information content (AvgIpc) is 2.26. The number of carbonyl (C=O) groups excluding carboxylic acids is 1. The molecule has 15 heavy (non-hydrogen) atoms. The van der Waals surface area contributed by atoms with Crippen LogP contribution < -0.4 is 0 Å². The number of likely N-dealkylation sites (tertiary alicyclic amines) is 1. The number of nitrogens with zero attached hydrogens (tertiary/aromatic N) is 1. The summed E-state index contributed by atoms with van der Waals surface area (Å²) >= 11 is 0. The maximum atomic E-state index is 11.5. The average molecular weight is 215 g/mol. The Morgan fingerprint density at radius 1 is 1.53 bits per heavy atom. The topological polar surface area (TPSA) is 77.8 Å². The van der Waals surface area contributed by atoms with E-state index in [0.717, 1.165) is 0 Å². The molecular formula is C10H17NO4. The maximum absolute atomic E-state index is 11.5. The molecule has 2 atom stereocenters. The molecule has 2 N–H and O–H groups in total. The van der Waals surface area contributed by atoms with Crippen molar-refractivity contribution >= 4 is 11.9 Å². The minimum Gasteiger partial charge on any atom is -0.480 e. The van der Waals surface area contributed by atoms with Crippen molar-refractivity contribution in [3.05, 3.63) is 0 Å². The Hall–Kier alpha value is -1.10. The van der Waals surface area contributed by atoms with Crippen LogP contribution in [-0.4, -0.2) is 45.7 Å². The van der Waals surface area contributed by atoms with E-state index in [1.54, 1.807) is 20.8 Å². The van der Waals surface area contributed by atoms with Crippen LogP contribution in [0.4, 0.5) is 0 Å². The van der Waals surface area contributed by atoms with Crippen LogP contribution in [0.2, 0.25) is 0 Å². The second-order valence-electron chi connectivity index (χ2n) is 5.01. The smallest absolute Gasteiger partial charge is 0.326 e. The van der Waals surface area contributed by atoms with Crippen LogP contribution in [0.25, 0.3) is 0 Å². The lowest BCUT2D eigenvalue weighted by atomic mass is 9.86. The van der Waals surface area contributed by atoms with Crippen LogP contribution in [0.1, 0.15) is 27.2 Å². The molecule has 0 saturated carbocycles. The first-order chi connectivity index (χ1) is 6.73. The Morgan fingerprint density at radius 3 is 2.33 bits per heavy atom. The Kier molecular flexibility index (Phi) is 3.04. The van der Waals surface area contributed by atoms with E-state index in [9.17, 15) is 14.7 Å². The maximum Gasteiger partial charge on any atom is 0.326 e. The zero-order valence-corrected chi connectivity index (χ0v) is 9.23.